The number of nitrogens with zero attached hydrogens (tertiary/aromatic N) is 2. The zero-order valence-corrected chi connectivity index (χ0v) is 10.8. The highest BCUT2D eigenvalue weighted by atomic mass is 15.1. The van der Waals surface area contributed by atoms with E-state index in [1.807, 2.05) is 18.2 Å². The molecule has 0 amide bonds. The van der Waals surface area contributed by atoms with Gasteiger partial charge in [0.1, 0.15) is 0 Å². The van der Waals surface area contributed by atoms with Crippen LogP contribution in [0.5, 0.6) is 0 Å². The van der Waals surface area contributed by atoms with E-state index in [2.05, 4.69) is 29.7 Å². The van der Waals surface area contributed by atoms with E-state index < -0.39 is 0 Å². The monoisotopic (exact) mass is 238 g/mol. The molecule has 92 valence electrons. The molecule has 0 aromatic heterocycles. The Hall–Kier alpha value is -1.77. The Labute approximate surface area is 109 Å². The molecule has 18 heavy (non-hydrogen) atoms. The molecule has 0 N–H and O–H groups in total. The van der Waals surface area contributed by atoms with Crippen LogP contribution in [-0.2, 0) is 0 Å². The van der Waals surface area contributed by atoms with Gasteiger partial charge in [0.15, 0.2) is 0 Å². The predicted molar refractivity (Wildman–Crippen MR) is 72.9 cm³/mol. The summed E-state index contributed by atoms with van der Waals surface area (Å²) in [6.07, 6.45) is 2.63. The highest BCUT2D eigenvalue weighted by Gasteiger charge is 2.14. The van der Waals surface area contributed by atoms with Crippen LogP contribution in [0.25, 0.3) is 0 Å². The third-order valence-corrected chi connectivity index (χ3v) is 3.27. The second kappa shape index (κ2) is 6.24. The van der Waals surface area contributed by atoms with Gasteiger partial charge in [0.2, 0.25) is 0 Å². The predicted octanol–water partition coefficient (Wildman–Crippen LogP) is 2.64. The Bertz CT molecular complexity index is 502. The van der Waals surface area contributed by atoms with Gasteiger partial charge in [-0.2, -0.15) is 5.26 Å². The fraction of sp³-hybridized carbons (Fsp3) is 0.438. The lowest BCUT2D eigenvalue weighted by Gasteiger charge is -2.28. The highest BCUT2D eigenvalue weighted by Crippen LogP contribution is 2.14. The van der Waals surface area contributed by atoms with Crippen LogP contribution >= 0.6 is 0 Å². The van der Waals surface area contributed by atoms with Crippen molar-refractivity contribution >= 4 is 0 Å². The average molecular weight is 238 g/mol. The van der Waals surface area contributed by atoms with E-state index in [1.54, 1.807) is 6.07 Å². The molecule has 1 aliphatic rings. The molecule has 0 saturated carbocycles. The highest BCUT2D eigenvalue weighted by molar-refractivity contribution is 5.41. The number of nitriles is 1. The van der Waals surface area contributed by atoms with Gasteiger partial charge in [0, 0.05) is 12.1 Å². The van der Waals surface area contributed by atoms with Gasteiger partial charge in [0.25, 0.3) is 0 Å². The minimum atomic E-state index is 0.674. The maximum atomic E-state index is 8.81. The second-order valence-corrected chi connectivity index (χ2v) is 4.98. The summed E-state index contributed by atoms with van der Waals surface area (Å²) in [5.74, 6) is 7.14. The van der Waals surface area contributed by atoms with E-state index in [9.17, 15) is 0 Å². The second-order valence-electron chi connectivity index (χ2n) is 4.98. The largest absolute Gasteiger partial charge is 0.292 e. The fourth-order valence-corrected chi connectivity index (χ4v) is 2.35. The molecule has 1 unspecified atom stereocenters. The number of hydrogen-bond acceptors (Lipinski definition) is 2. The maximum absolute atomic E-state index is 8.81. The van der Waals surface area contributed by atoms with E-state index in [-0.39, 0.29) is 0 Å². The summed E-state index contributed by atoms with van der Waals surface area (Å²) in [4.78, 5) is 2.41. The summed E-state index contributed by atoms with van der Waals surface area (Å²) in [7, 11) is 0. The van der Waals surface area contributed by atoms with E-state index in [0.29, 0.717) is 5.56 Å². The van der Waals surface area contributed by atoms with Crippen LogP contribution < -0.4 is 0 Å². The molecule has 2 rings (SSSR count). The topological polar surface area (TPSA) is 27.0 Å². The number of likely N-dealkylation sites (tertiary alicyclic amines) is 1. The van der Waals surface area contributed by atoms with Crippen molar-refractivity contribution in [2.75, 3.05) is 19.6 Å². The maximum Gasteiger partial charge on any atom is 0.0992 e. The molecule has 1 heterocycles. The van der Waals surface area contributed by atoms with Crippen molar-refractivity contribution in [2.24, 2.45) is 5.92 Å². The van der Waals surface area contributed by atoms with E-state index in [1.165, 1.54) is 12.8 Å². The summed E-state index contributed by atoms with van der Waals surface area (Å²) in [6, 6.07) is 9.61. The molecule has 0 spiro atoms. The van der Waals surface area contributed by atoms with Gasteiger partial charge in [-0.25, -0.2) is 0 Å². The van der Waals surface area contributed by atoms with Crippen molar-refractivity contribution in [3.8, 4) is 17.9 Å². The lowest BCUT2D eigenvalue weighted by atomic mass is 10.0. The molecule has 2 heteroatoms. The third-order valence-electron chi connectivity index (χ3n) is 3.27. The Balaban J connectivity index is 1.93. The molecule has 0 bridgehead atoms. The van der Waals surface area contributed by atoms with Crippen molar-refractivity contribution in [1.82, 2.24) is 4.90 Å². The summed E-state index contributed by atoms with van der Waals surface area (Å²) < 4.78 is 0. The van der Waals surface area contributed by atoms with Crippen LogP contribution in [0.1, 0.15) is 30.9 Å². The standard InChI is InChI=1S/C16H18N2/c1-14-5-3-9-18(13-14)10-4-8-15-6-2-7-16(11-15)12-17/h2,6-7,11,14H,3,5,9-10,13H2,1H3. The minimum absolute atomic E-state index is 0.674. The minimum Gasteiger partial charge on any atom is -0.292 e. The first-order chi connectivity index (χ1) is 8.78. The summed E-state index contributed by atoms with van der Waals surface area (Å²) in [5.41, 5.74) is 1.60. The summed E-state index contributed by atoms with van der Waals surface area (Å²) >= 11 is 0. The number of benzene rings is 1. The first-order valence-electron chi connectivity index (χ1n) is 6.49. The molecule has 2 nitrogen and oxygen atoms in total. The molecule has 1 aromatic carbocycles. The molecular formula is C16H18N2. The van der Waals surface area contributed by atoms with Gasteiger partial charge < -0.3 is 0 Å². The molecule has 1 aliphatic heterocycles. The smallest absolute Gasteiger partial charge is 0.0992 e. The molecule has 1 atom stereocenters. The van der Waals surface area contributed by atoms with Crippen LogP contribution in [0.2, 0.25) is 0 Å². The van der Waals surface area contributed by atoms with Gasteiger partial charge in [0.05, 0.1) is 18.2 Å². The molecule has 1 saturated heterocycles. The lowest BCUT2D eigenvalue weighted by molar-refractivity contribution is 0.204. The first-order valence-corrected chi connectivity index (χ1v) is 6.49. The summed E-state index contributed by atoms with van der Waals surface area (Å²) in [6.45, 7) is 5.46. The van der Waals surface area contributed by atoms with Crippen LogP contribution in [0.15, 0.2) is 24.3 Å². The van der Waals surface area contributed by atoms with E-state index in [4.69, 9.17) is 5.26 Å². The Morgan fingerprint density at radius 1 is 1.39 bits per heavy atom. The van der Waals surface area contributed by atoms with Crippen LogP contribution in [0, 0.1) is 29.1 Å². The van der Waals surface area contributed by atoms with Gasteiger partial charge in [-0.3, -0.25) is 4.90 Å². The Morgan fingerprint density at radius 3 is 3.00 bits per heavy atom. The van der Waals surface area contributed by atoms with Gasteiger partial charge >= 0.3 is 0 Å². The quantitative estimate of drug-likeness (QED) is 0.703. The van der Waals surface area contributed by atoms with Gasteiger partial charge in [-0.15, -0.1) is 0 Å². The van der Waals surface area contributed by atoms with Crippen molar-refractivity contribution < 1.29 is 0 Å². The average Bonchev–Trinajstić information content (AvgIpc) is 2.39. The molecule has 0 aliphatic carbocycles. The molecular weight excluding hydrogens is 220 g/mol. The third kappa shape index (κ3) is 3.62. The number of piperidine rings is 1. The van der Waals surface area contributed by atoms with E-state index in [0.717, 1.165) is 31.1 Å². The van der Waals surface area contributed by atoms with Crippen molar-refractivity contribution in [3.05, 3.63) is 35.4 Å². The lowest BCUT2D eigenvalue weighted by Crippen LogP contribution is -2.34. The normalized spacial score (nSPS) is 19.7. The Morgan fingerprint density at radius 2 is 2.22 bits per heavy atom. The van der Waals surface area contributed by atoms with Crippen molar-refractivity contribution in [3.63, 3.8) is 0 Å². The van der Waals surface area contributed by atoms with Crippen LogP contribution in [-0.4, -0.2) is 24.5 Å². The fourth-order valence-electron chi connectivity index (χ4n) is 2.35. The molecule has 1 fully saturated rings. The zero-order valence-electron chi connectivity index (χ0n) is 10.8. The first kappa shape index (κ1) is 12.7. The molecule has 1 aromatic rings. The van der Waals surface area contributed by atoms with Crippen molar-refractivity contribution in [2.45, 2.75) is 19.8 Å². The SMILES string of the molecule is CC1CCCN(CC#Cc2cccc(C#N)c2)C1. The van der Waals surface area contributed by atoms with Crippen LogP contribution in [0.4, 0.5) is 0 Å². The molecule has 0 radical (unpaired) electrons. The summed E-state index contributed by atoms with van der Waals surface area (Å²) in [5, 5.41) is 8.81. The van der Waals surface area contributed by atoms with Crippen molar-refractivity contribution in [1.29, 1.82) is 5.26 Å². The van der Waals surface area contributed by atoms with Gasteiger partial charge in [-0.1, -0.05) is 24.8 Å². The number of rotatable bonds is 1. The number of hydrogen-bond donors (Lipinski definition) is 0. The Kier molecular flexibility index (Phi) is 4.40. The van der Waals surface area contributed by atoms with Crippen LogP contribution in [0.3, 0.4) is 0 Å². The zero-order chi connectivity index (χ0) is 12.8. The van der Waals surface area contributed by atoms with Gasteiger partial charge in [-0.05, 0) is 43.5 Å². The van der Waals surface area contributed by atoms with E-state index >= 15 is 0 Å².